The second-order valence-electron chi connectivity index (χ2n) is 5.85. The van der Waals surface area contributed by atoms with Crippen LogP contribution >= 0.6 is 0 Å². The third kappa shape index (κ3) is 3.54. The van der Waals surface area contributed by atoms with E-state index in [9.17, 15) is 30.5 Å². The highest BCUT2D eigenvalue weighted by Crippen LogP contribution is 2.27. The van der Waals surface area contributed by atoms with Gasteiger partial charge in [-0.15, -0.1) is 15.0 Å². The molecule has 4 N–H and O–H groups in total. The summed E-state index contributed by atoms with van der Waals surface area (Å²) in [6.45, 7) is -0.564. The zero-order chi connectivity index (χ0) is 18.8. The Balaban J connectivity index is 1.73. The van der Waals surface area contributed by atoms with Crippen molar-refractivity contribution in [3.63, 3.8) is 0 Å². The molecule has 1 aliphatic heterocycles. The first kappa shape index (κ1) is 18.3. The number of ether oxygens (including phenoxy) is 1. The van der Waals surface area contributed by atoms with Crippen molar-refractivity contribution in [2.75, 3.05) is 6.61 Å². The van der Waals surface area contributed by atoms with Crippen LogP contribution in [0, 0.1) is 10.1 Å². The molecule has 12 nitrogen and oxygen atoms in total. The molecule has 140 valence electrons. The summed E-state index contributed by atoms with van der Waals surface area (Å²) in [6, 6.07) is 5.84. The number of nitro benzene ring substituents is 1. The minimum absolute atomic E-state index is 0.0355. The number of nitrogens with zero attached hydrogens (tertiary/aromatic N) is 5. The largest absolute Gasteiger partial charge is 0.394 e. The molecular formula is C14H17N5O7. The van der Waals surface area contributed by atoms with E-state index in [0.717, 1.165) is 4.80 Å². The summed E-state index contributed by atoms with van der Waals surface area (Å²) in [5.74, 6) is 0.260. The third-order valence-electron chi connectivity index (χ3n) is 4.07. The molecule has 1 aromatic carbocycles. The van der Waals surface area contributed by atoms with E-state index < -0.39 is 42.2 Å². The van der Waals surface area contributed by atoms with Crippen molar-refractivity contribution in [3.8, 4) is 0 Å². The average Bonchev–Trinajstić information content (AvgIpc) is 3.08. The highest BCUT2D eigenvalue weighted by atomic mass is 16.6. The zero-order valence-corrected chi connectivity index (χ0v) is 13.4. The van der Waals surface area contributed by atoms with Crippen molar-refractivity contribution in [1.29, 1.82) is 0 Å². The fourth-order valence-corrected chi connectivity index (χ4v) is 2.63. The van der Waals surface area contributed by atoms with Crippen molar-refractivity contribution in [2.45, 2.75) is 37.1 Å². The molecule has 1 saturated heterocycles. The number of rotatable bonds is 5. The molecule has 2 aromatic rings. The lowest BCUT2D eigenvalue weighted by Crippen LogP contribution is -2.56. The molecule has 12 heteroatoms. The molecule has 1 fully saturated rings. The Morgan fingerprint density at radius 1 is 1.15 bits per heavy atom. The molecule has 0 bridgehead atoms. The summed E-state index contributed by atoms with van der Waals surface area (Å²) in [6.07, 6.45) is -6.63. The number of aromatic nitrogens is 4. The predicted octanol–water partition coefficient (Wildman–Crippen LogP) is -1.86. The summed E-state index contributed by atoms with van der Waals surface area (Å²) in [4.78, 5) is 11.1. The number of hydrogen-bond acceptors (Lipinski definition) is 10. The molecule has 2 heterocycles. The number of hydrogen-bond donors (Lipinski definition) is 4. The van der Waals surface area contributed by atoms with Gasteiger partial charge in [0.25, 0.3) is 5.69 Å². The predicted molar refractivity (Wildman–Crippen MR) is 82.7 cm³/mol. The lowest BCUT2D eigenvalue weighted by Gasteiger charge is -2.38. The summed E-state index contributed by atoms with van der Waals surface area (Å²) in [5.41, 5.74) is 0.677. The van der Waals surface area contributed by atoms with Gasteiger partial charge in [-0.2, -0.15) is 0 Å². The molecule has 0 amide bonds. The Morgan fingerprint density at radius 2 is 1.85 bits per heavy atom. The molecule has 1 aromatic heterocycles. The van der Waals surface area contributed by atoms with Gasteiger partial charge < -0.3 is 25.2 Å². The Hall–Kier alpha value is -2.51. The molecule has 3 rings (SSSR count). The van der Waals surface area contributed by atoms with Crippen molar-refractivity contribution in [3.05, 3.63) is 45.8 Å². The Morgan fingerprint density at radius 3 is 2.46 bits per heavy atom. The van der Waals surface area contributed by atoms with E-state index in [2.05, 4.69) is 15.4 Å². The smallest absolute Gasteiger partial charge is 0.269 e. The van der Waals surface area contributed by atoms with E-state index in [1.165, 1.54) is 12.1 Å². The quantitative estimate of drug-likeness (QED) is 0.346. The number of aliphatic hydroxyl groups excluding tert-OH is 4. The van der Waals surface area contributed by atoms with E-state index in [0.29, 0.717) is 5.56 Å². The van der Waals surface area contributed by atoms with Crippen molar-refractivity contribution in [2.24, 2.45) is 0 Å². The summed E-state index contributed by atoms with van der Waals surface area (Å²) in [5, 5.41) is 61.1. The zero-order valence-electron chi connectivity index (χ0n) is 13.4. The van der Waals surface area contributed by atoms with Gasteiger partial charge in [-0.3, -0.25) is 10.1 Å². The van der Waals surface area contributed by atoms with Crippen LogP contribution in [0.5, 0.6) is 0 Å². The van der Waals surface area contributed by atoms with Crippen LogP contribution in [0.1, 0.15) is 17.6 Å². The van der Waals surface area contributed by atoms with Crippen LogP contribution in [0.25, 0.3) is 0 Å². The molecule has 26 heavy (non-hydrogen) atoms. The van der Waals surface area contributed by atoms with Crippen molar-refractivity contribution >= 4 is 5.69 Å². The number of nitro groups is 1. The van der Waals surface area contributed by atoms with Crippen LogP contribution in [0.2, 0.25) is 0 Å². The number of tetrazole rings is 1. The van der Waals surface area contributed by atoms with Gasteiger partial charge in [-0.25, -0.2) is 0 Å². The van der Waals surface area contributed by atoms with Gasteiger partial charge in [0.15, 0.2) is 12.1 Å². The molecule has 0 saturated carbocycles. The van der Waals surface area contributed by atoms with Crippen LogP contribution in [-0.2, 0) is 11.2 Å². The topological polar surface area (TPSA) is 177 Å². The summed E-state index contributed by atoms with van der Waals surface area (Å²) >= 11 is 0. The van der Waals surface area contributed by atoms with Crippen LogP contribution in [-0.4, -0.2) is 76.6 Å². The van der Waals surface area contributed by atoms with Crippen LogP contribution in [0.15, 0.2) is 24.3 Å². The first-order valence-corrected chi connectivity index (χ1v) is 7.73. The van der Waals surface area contributed by atoms with E-state index in [1.54, 1.807) is 12.1 Å². The van der Waals surface area contributed by atoms with Crippen LogP contribution in [0.3, 0.4) is 0 Å². The Bertz CT molecular complexity index is 765. The van der Waals surface area contributed by atoms with Gasteiger partial charge in [0.1, 0.15) is 24.4 Å². The Labute approximate surface area is 146 Å². The van der Waals surface area contributed by atoms with E-state index in [4.69, 9.17) is 4.74 Å². The molecule has 5 atom stereocenters. The number of aliphatic hydroxyl groups is 4. The van der Waals surface area contributed by atoms with Gasteiger partial charge in [0.05, 0.1) is 11.5 Å². The standard InChI is InChI=1S/C14H17N5O7/c20-6-9-11(21)12(22)13(23)14(26-9)18-16-10(15-17-18)5-7-1-3-8(4-2-7)19(24)25/h1-4,9,11-14,20-23H,5-6H2/t9-,11-,12+,13-,14-/m1/s1. The van der Waals surface area contributed by atoms with Gasteiger partial charge in [-0.1, -0.05) is 12.1 Å². The van der Waals surface area contributed by atoms with E-state index in [-0.39, 0.29) is 17.9 Å². The van der Waals surface area contributed by atoms with Crippen molar-refractivity contribution < 1.29 is 30.1 Å². The molecule has 0 aliphatic carbocycles. The SMILES string of the molecule is O=[N+]([O-])c1ccc(Cc2nnn([C@@H]3O[C@H](CO)[C@@H](O)[C@H](O)[C@H]3O)n2)cc1. The van der Waals surface area contributed by atoms with Crippen LogP contribution < -0.4 is 0 Å². The van der Waals surface area contributed by atoms with Gasteiger partial charge in [0, 0.05) is 18.6 Å². The lowest BCUT2D eigenvalue weighted by atomic mass is 9.99. The minimum Gasteiger partial charge on any atom is -0.394 e. The highest BCUT2D eigenvalue weighted by molar-refractivity contribution is 5.33. The minimum atomic E-state index is -1.55. The fraction of sp³-hybridized carbons (Fsp3) is 0.500. The fourth-order valence-electron chi connectivity index (χ4n) is 2.63. The number of benzene rings is 1. The normalized spacial score (nSPS) is 28.8. The molecule has 0 radical (unpaired) electrons. The Kier molecular flexibility index (Phi) is 5.20. The lowest BCUT2D eigenvalue weighted by molar-refractivity contribution is -0.384. The molecule has 0 unspecified atom stereocenters. The van der Waals surface area contributed by atoms with Gasteiger partial charge >= 0.3 is 0 Å². The average molecular weight is 367 g/mol. The van der Waals surface area contributed by atoms with E-state index >= 15 is 0 Å². The second kappa shape index (κ2) is 7.39. The van der Waals surface area contributed by atoms with Crippen molar-refractivity contribution in [1.82, 2.24) is 20.2 Å². The van der Waals surface area contributed by atoms with Crippen LogP contribution in [0.4, 0.5) is 5.69 Å². The van der Waals surface area contributed by atoms with Gasteiger partial charge in [-0.05, 0) is 10.8 Å². The second-order valence-corrected chi connectivity index (χ2v) is 5.85. The maximum absolute atomic E-state index is 10.7. The summed E-state index contributed by atoms with van der Waals surface area (Å²) in [7, 11) is 0. The number of non-ortho nitro benzene ring substituents is 1. The van der Waals surface area contributed by atoms with Gasteiger partial charge in [0.2, 0.25) is 0 Å². The molecule has 1 aliphatic rings. The first-order chi connectivity index (χ1) is 12.4. The first-order valence-electron chi connectivity index (χ1n) is 7.73. The van der Waals surface area contributed by atoms with E-state index in [1.807, 2.05) is 0 Å². The third-order valence-corrected chi connectivity index (χ3v) is 4.07. The highest BCUT2D eigenvalue weighted by Gasteiger charge is 2.45. The molecule has 0 spiro atoms. The monoisotopic (exact) mass is 367 g/mol. The molecular weight excluding hydrogens is 350 g/mol. The maximum Gasteiger partial charge on any atom is 0.269 e. The maximum atomic E-state index is 10.7. The summed E-state index contributed by atoms with van der Waals surface area (Å²) < 4.78 is 5.34.